The normalized spacial score (nSPS) is 10.6. The van der Waals surface area contributed by atoms with Gasteiger partial charge < -0.3 is 10.1 Å². The Morgan fingerprint density at radius 3 is 2.43 bits per heavy atom. The van der Waals surface area contributed by atoms with Crippen molar-refractivity contribution < 1.29 is 22.7 Å². The molecule has 2 aromatic carbocycles. The number of hydrogen-bond acceptors (Lipinski definition) is 2. The Morgan fingerprint density at radius 2 is 1.78 bits per heavy atom. The van der Waals surface area contributed by atoms with Gasteiger partial charge in [0.1, 0.15) is 11.6 Å². The SMILES string of the molecule is O=C(CCc1ccc(OC(F)F)cc1)NCc1ccccc1F. The largest absolute Gasteiger partial charge is 0.435 e. The van der Waals surface area contributed by atoms with E-state index in [4.69, 9.17) is 0 Å². The summed E-state index contributed by atoms with van der Waals surface area (Å²) in [6, 6.07) is 12.3. The van der Waals surface area contributed by atoms with Gasteiger partial charge in [-0.05, 0) is 30.2 Å². The molecule has 0 bridgehead atoms. The van der Waals surface area contributed by atoms with Crippen LogP contribution in [0.1, 0.15) is 17.5 Å². The predicted octanol–water partition coefficient (Wildman–Crippen LogP) is 3.68. The van der Waals surface area contributed by atoms with Crippen molar-refractivity contribution >= 4 is 5.91 Å². The van der Waals surface area contributed by atoms with Gasteiger partial charge in [-0.15, -0.1) is 0 Å². The molecule has 0 radical (unpaired) electrons. The van der Waals surface area contributed by atoms with Crippen molar-refractivity contribution in [2.45, 2.75) is 26.0 Å². The van der Waals surface area contributed by atoms with Crippen LogP contribution >= 0.6 is 0 Å². The molecule has 1 N–H and O–H groups in total. The van der Waals surface area contributed by atoms with Crippen molar-refractivity contribution in [3.05, 3.63) is 65.5 Å². The van der Waals surface area contributed by atoms with Gasteiger partial charge in [-0.2, -0.15) is 8.78 Å². The zero-order valence-electron chi connectivity index (χ0n) is 12.3. The summed E-state index contributed by atoms with van der Waals surface area (Å²) in [6.07, 6.45) is 0.682. The number of rotatable bonds is 7. The van der Waals surface area contributed by atoms with Crippen molar-refractivity contribution in [2.75, 3.05) is 0 Å². The third-order valence-corrected chi connectivity index (χ3v) is 3.22. The minimum atomic E-state index is -2.86. The van der Waals surface area contributed by atoms with Gasteiger partial charge in [-0.1, -0.05) is 30.3 Å². The van der Waals surface area contributed by atoms with Crippen LogP contribution in [0.2, 0.25) is 0 Å². The zero-order chi connectivity index (χ0) is 16.7. The van der Waals surface area contributed by atoms with E-state index in [1.807, 2.05) is 0 Å². The molecule has 0 aliphatic heterocycles. The molecule has 0 unspecified atom stereocenters. The molecule has 3 nitrogen and oxygen atoms in total. The van der Waals surface area contributed by atoms with E-state index in [1.165, 1.54) is 18.2 Å². The lowest BCUT2D eigenvalue weighted by Crippen LogP contribution is -2.23. The summed E-state index contributed by atoms with van der Waals surface area (Å²) in [6.45, 7) is -2.72. The summed E-state index contributed by atoms with van der Waals surface area (Å²) >= 11 is 0. The Bertz CT molecular complexity index is 645. The minimum absolute atomic E-state index is 0.0766. The molecule has 122 valence electrons. The summed E-state index contributed by atoms with van der Waals surface area (Å²) < 4.78 is 41.7. The molecule has 0 saturated carbocycles. The first kappa shape index (κ1) is 16.9. The highest BCUT2D eigenvalue weighted by molar-refractivity contribution is 5.76. The van der Waals surface area contributed by atoms with Crippen molar-refractivity contribution in [3.8, 4) is 5.75 Å². The van der Waals surface area contributed by atoms with Crippen molar-refractivity contribution in [1.82, 2.24) is 5.32 Å². The first-order valence-electron chi connectivity index (χ1n) is 7.08. The highest BCUT2D eigenvalue weighted by Gasteiger charge is 2.06. The van der Waals surface area contributed by atoms with Crippen molar-refractivity contribution in [3.63, 3.8) is 0 Å². The van der Waals surface area contributed by atoms with Gasteiger partial charge in [0, 0.05) is 18.5 Å². The monoisotopic (exact) mass is 323 g/mol. The Hall–Kier alpha value is -2.50. The van der Waals surface area contributed by atoms with E-state index in [0.717, 1.165) is 5.56 Å². The van der Waals surface area contributed by atoms with E-state index in [1.54, 1.807) is 30.3 Å². The van der Waals surface area contributed by atoms with Crippen molar-refractivity contribution in [1.29, 1.82) is 0 Å². The van der Waals surface area contributed by atoms with Gasteiger partial charge in [0.25, 0.3) is 0 Å². The first-order valence-corrected chi connectivity index (χ1v) is 7.08. The molecule has 23 heavy (non-hydrogen) atoms. The quantitative estimate of drug-likeness (QED) is 0.844. The number of halogens is 3. The lowest BCUT2D eigenvalue weighted by Gasteiger charge is -2.07. The summed E-state index contributed by atoms with van der Waals surface area (Å²) in [5.74, 6) is -0.490. The molecule has 0 atom stereocenters. The van der Waals surface area contributed by atoms with Crippen LogP contribution in [0.15, 0.2) is 48.5 Å². The number of carbonyl (C=O) groups excluding carboxylic acids is 1. The molecule has 6 heteroatoms. The fraction of sp³-hybridized carbons (Fsp3) is 0.235. The summed E-state index contributed by atoms with van der Waals surface area (Å²) in [7, 11) is 0. The highest BCUT2D eigenvalue weighted by Crippen LogP contribution is 2.15. The van der Waals surface area contributed by atoms with Crippen molar-refractivity contribution in [2.24, 2.45) is 0 Å². The van der Waals surface area contributed by atoms with Gasteiger partial charge in [0.2, 0.25) is 5.91 Å². The lowest BCUT2D eigenvalue weighted by molar-refractivity contribution is -0.121. The maximum absolute atomic E-state index is 13.4. The molecule has 0 fully saturated rings. The first-order chi connectivity index (χ1) is 11.0. The number of hydrogen-bond donors (Lipinski definition) is 1. The standard InChI is InChI=1S/C17H16F3NO2/c18-15-4-2-1-3-13(15)11-21-16(22)10-7-12-5-8-14(9-6-12)23-17(19)20/h1-6,8-9,17H,7,10-11H2,(H,21,22). The lowest BCUT2D eigenvalue weighted by atomic mass is 10.1. The van der Waals surface area contributed by atoms with Crippen LogP contribution in [-0.2, 0) is 17.8 Å². The topological polar surface area (TPSA) is 38.3 Å². The molecule has 0 aliphatic carbocycles. The number of alkyl halides is 2. The zero-order valence-corrected chi connectivity index (χ0v) is 12.3. The van der Waals surface area contributed by atoms with E-state index in [9.17, 15) is 18.0 Å². The second-order valence-corrected chi connectivity index (χ2v) is 4.89. The van der Waals surface area contributed by atoms with E-state index < -0.39 is 6.61 Å². The van der Waals surface area contributed by atoms with E-state index in [-0.39, 0.29) is 30.4 Å². The summed E-state index contributed by atoms with van der Waals surface area (Å²) in [5.41, 5.74) is 1.25. The Kier molecular flexibility index (Phi) is 6.02. The second-order valence-electron chi connectivity index (χ2n) is 4.89. The third kappa shape index (κ3) is 5.65. The minimum Gasteiger partial charge on any atom is -0.435 e. The molecule has 2 aromatic rings. The number of aryl methyl sites for hydroxylation is 1. The summed E-state index contributed by atoms with van der Waals surface area (Å²) in [5, 5.41) is 2.64. The van der Waals surface area contributed by atoms with E-state index >= 15 is 0 Å². The van der Waals surface area contributed by atoms with Crippen LogP contribution in [0.5, 0.6) is 5.75 Å². The van der Waals surface area contributed by atoms with Gasteiger partial charge in [0.15, 0.2) is 0 Å². The van der Waals surface area contributed by atoms with E-state index in [2.05, 4.69) is 10.1 Å². The van der Waals surface area contributed by atoms with Crippen LogP contribution in [0.25, 0.3) is 0 Å². The molecule has 0 aliphatic rings. The van der Waals surface area contributed by atoms with Crippen LogP contribution in [-0.4, -0.2) is 12.5 Å². The van der Waals surface area contributed by atoms with Gasteiger partial charge in [0.05, 0.1) is 0 Å². The molecule has 1 amide bonds. The molecule has 2 rings (SSSR count). The van der Waals surface area contributed by atoms with Crippen LogP contribution in [0.4, 0.5) is 13.2 Å². The average Bonchev–Trinajstić information content (AvgIpc) is 2.53. The van der Waals surface area contributed by atoms with Crippen LogP contribution < -0.4 is 10.1 Å². The van der Waals surface area contributed by atoms with Gasteiger partial charge in [-0.3, -0.25) is 4.79 Å². The maximum atomic E-state index is 13.4. The highest BCUT2D eigenvalue weighted by atomic mass is 19.3. The molecular formula is C17H16F3NO2. The Balaban J connectivity index is 1.77. The molecule has 0 aromatic heterocycles. The second kappa shape index (κ2) is 8.22. The Labute approximate surface area is 132 Å². The molecule has 0 saturated heterocycles. The third-order valence-electron chi connectivity index (χ3n) is 3.22. The molecule has 0 spiro atoms. The number of benzene rings is 2. The summed E-state index contributed by atoms with van der Waals surface area (Å²) in [4.78, 5) is 11.8. The fourth-order valence-corrected chi connectivity index (χ4v) is 2.02. The smallest absolute Gasteiger partial charge is 0.387 e. The predicted molar refractivity (Wildman–Crippen MR) is 79.6 cm³/mol. The maximum Gasteiger partial charge on any atom is 0.387 e. The number of amides is 1. The van der Waals surface area contributed by atoms with Crippen LogP contribution in [0.3, 0.4) is 0 Å². The molecular weight excluding hydrogens is 307 g/mol. The fourth-order valence-electron chi connectivity index (χ4n) is 2.02. The van der Waals surface area contributed by atoms with Gasteiger partial charge in [-0.25, -0.2) is 4.39 Å². The molecule has 0 heterocycles. The van der Waals surface area contributed by atoms with Crippen LogP contribution in [0, 0.1) is 5.82 Å². The number of carbonyl (C=O) groups is 1. The van der Waals surface area contributed by atoms with E-state index in [0.29, 0.717) is 12.0 Å². The van der Waals surface area contributed by atoms with Gasteiger partial charge >= 0.3 is 6.61 Å². The number of nitrogens with one attached hydrogen (secondary N) is 1. The number of ether oxygens (including phenoxy) is 1. The Morgan fingerprint density at radius 1 is 1.09 bits per heavy atom. The average molecular weight is 323 g/mol.